The van der Waals surface area contributed by atoms with E-state index in [4.69, 9.17) is 17.0 Å². The molecule has 0 fully saturated rings. The van der Waals surface area contributed by atoms with Crippen LogP contribution in [0.15, 0.2) is 41.8 Å². The summed E-state index contributed by atoms with van der Waals surface area (Å²) in [6.45, 7) is 4.08. The Labute approximate surface area is 117 Å². The first-order valence-electron chi connectivity index (χ1n) is 6.13. The summed E-state index contributed by atoms with van der Waals surface area (Å²) in [5.41, 5.74) is 1.43. The van der Waals surface area contributed by atoms with E-state index >= 15 is 0 Å². The van der Waals surface area contributed by atoms with Gasteiger partial charge < -0.3 is 15.4 Å². The van der Waals surface area contributed by atoms with Gasteiger partial charge in [-0.05, 0) is 31.6 Å². The summed E-state index contributed by atoms with van der Waals surface area (Å²) < 4.78 is 5.42. The second-order valence-electron chi connectivity index (χ2n) is 4.19. The fourth-order valence-electron chi connectivity index (χ4n) is 1.93. The number of benzene rings is 1. The number of hydrogen-bond acceptors (Lipinski definition) is 3. The molecule has 0 aliphatic carbocycles. The molecule has 0 saturated carbocycles. The highest BCUT2D eigenvalue weighted by Crippen LogP contribution is 2.21. The Morgan fingerprint density at radius 2 is 2.00 bits per heavy atom. The van der Waals surface area contributed by atoms with Crippen LogP contribution in [0.3, 0.4) is 0 Å². The molecule has 4 nitrogen and oxygen atoms in total. The number of ether oxygens (including phenoxy) is 1. The smallest absolute Gasteiger partial charge is 0.199 e. The topological polar surface area (TPSA) is 50.4 Å². The molecule has 0 aromatic heterocycles. The van der Waals surface area contributed by atoms with Crippen molar-refractivity contribution in [2.45, 2.75) is 19.9 Å². The predicted octanol–water partition coefficient (Wildman–Crippen LogP) is 2.04. The summed E-state index contributed by atoms with van der Waals surface area (Å²) in [5, 5.41) is 6.32. The molecular weight excluding hydrogens is 260 g/mol. The average Bonchev–Trinajstić information content (AvgIpc) is 2.52. The average molecular weight is 276 g/mol. The number of hydrogen-bond donors (Lipinski definition) is 2. The largest absolute Gasteiger partial charge is 0.479 e. The molecule has 2 N–H and O–H groups in total. The highest BCUT2D eigenvalue weighted by atomic mass is 32.1. The van der Waals surface area contributed by atoms with Crippen molar-refractivity contribution in [3.63, 3.8) is 0 Å². The molecule has 0 bridgehead atoms. The Balaban J connectivity index is 2.37. The fraction of sp³-hybridized carbons (Fsp3) is 0.286. The zero-order chi connectivity index (χ0) is 13.8. The van der Waals surface area contributed by atoms with Crippen molar-refractivity contribution in [3.8, 4) is 0 Å². The quantitative estimate of drug-likeness (QED) is 0.827. The molecule has 1 aromatic carbocycles. The third-order valence-electron chi connectivity index (χ3n) is 2.90. The zero-order valence-corrected chi connectivity index (χ0v) is 11.7. The van der Waals surface area contributed by atoms with Crippen molar-refractivity contribution < 1.29 is 9.53 Å². The normalized spacial score (nSPS) is 19.6. The molecule has 2 rings (SSSR count). The van der Waals surface area contributed by atoms with E-state index < -0.39 is 6.04 Å². The van der Waals surface area contributed by atoms with Gasteiger partial charge in [-0.2, -0.15) is 0 Å². The van der Waals surface area contributed by atoms with Gasteiger partial charge in [-0.15, -0.1) is 0 Å². The van der Waals surface area contributed by atoms with Crippen LogP contribution in [0.4, 0.5) is 0 Å². The number of thiocarbonyl (C=S) groups is 1. The first kappa shape index (κ1) is 13.5. The van der Waals surface area contributed by atoms with Gasteiger partial charge in [0.15, 0.2) is 16.8 Å². The second-order valence-corrected chi connectivity index (χ2v) is 4.60. The van der Waals surface area contributed by atoms with Gasteiger partial charge in [-0.1, -0.05) is 30.3 Å². The summed E-state index contributed by atoms with van der Waals surface area (Å²) in [7, 11) is 0. The molecule has 19 heavy (non-hydrogen) atoms. The zero-order valence-electron chi connectivity index (χ0n) is 10.9. The maximum Gasteiger partial charge on any atom is 0.199 e. The number of Topliss-reactive ketones (excluding diaryl/α,β-unsaturated/α-hetero) is 1. The molecule has 0 saturated heterocycles. The van der Waals surface area contributed by atoms with Crippen LogP contribution in [-0.4, -0.2) is 17.5 Å². The molecule has 0 amide bonds. The lowest BCUT2D eigenvalue weighted by Crippen LogP contribution is -2.37. The van der Waals surface area contributed by atoms with Gasteiger partial charge >= 0.3 is 0 Å². The third kappa shape index (κ3) is 2.93. The molecule has 0 radical (unpaired) electrons. The van der Waals surface area contributed by atoms with Crippen molar-refractivity contribution in [2.24, 2.45) is 0 Å². The third-order valence-corrected chi connectivity index (χ3v) is 3.12. The monoisotopic (exact) mass is 276 g/mol. The van der Waals surface area contributed by atoms with E-state index in [1.807, 2.05) is 37.3 Å². The predicted molar refractivity (Wildman–Crippen MR) is 77.4 cm³/mol. The molecule has 1 unspecified atom stereocenters. The highest BCUT2D eigenvalue weighted by Gasteiger charge is 2.28. The van der Waals surface area contributed by atoms with E-state index in [0.717, 1.165) is 5.56 Å². The van der Waals surface area contributed by atoms with Gasteiger partial charge in [0.1, 0.15) is 6.04 Å². The number of carbonyl (C=O) groups excluding carboxylic acids is 1. The molecular formula is C14H16N2O2S. The second kappa shape index (κ2) is 5.84. The molecule has 0 spiro atoms. The molecule has 1 heterocycles. The molecule has 100 valence electrons. The van der Waals surface area contributed by atoms with Gasteiger partial charge in [0.25, 0.3) is 0 Å². The maximum absolute atomic E-state index is 12.5. The Morgan fingerprint density at radius 3 is 2.63 bits per heavy atom. The first-order chi connectivity index (χ1) is 9.13. The lowest BCUT2D eigenvalue weighted by atomic mass is 9.99. The van der Waals surface area contributed by atoms with Crippen LogP contribution in [0.2, 0.25) is 0 Å². The van der Waals surface area contributed by atoms with E-state index in [9.17, 15) is 4.79 Å². The van der Waals surface area contributed by atoms with Crippen molar-refractivity contribution >= 4 is 23.1 Å². The molecule has 1 atom stereocenters. The van der Waals surface area contributed by atoms with E-state index in [1.54, 1.807) is 6.92 Å². The molecule has 1 aromatic rings. The summed E-state index contributed by atoms with van der Waals surface area (Å²) in [6.07, 6.45) is 0. The SMILES string of the molecule is CCOC1=C(C)C(=O)C(c2ccccc2)NC(=S)N1. The van der Waals surface area contributed by atoms with Crippen LogP contribution in [0.1, 0.15) is 25.5 Å². The summed E-state index contributed by atoms with van der Waals surface area (Å²) in [6, 6.07) is 9.03. The van der Waals surface area contributed by atoms with Gasteiger partial charge in [0.05, 0.1) is 12.2 Å². The molecule has 5 heteroatoms. The Morgan fingerprint density at radius 1 is 1.32 bits per heavy atom. The van der Waals surface area contributed by atoms with Gasteiger partial charge in [0.2, 0.25) is 0 Å². The number of nitrogens with one attached hydrogen (secondary N) is 2. The van der Waals surface area contributed by atoms with Crippen LogP contribution >= 0.6 is 12.2 Å². The Kier molecular flexibility index (Phi) is 4.16. The molecule has 1 aliphatic heterocycles. The van der Waals surface area contributed by atoms with E-state index in [0.29, 0.717) is 23.2 Å². The first-order valence-corrected chi connectivity index (χ1v) is 6.54. The van der Waals surface area contributed by atoms with Crippen LogP contribution in [0, 0.1) is 0 Å². The minimum atomic E-state index is -0.473. The van der Waals surface area contributed by atoms with Crippen molar-refractivity contribution in [1.82, 2.24) is 10.6 Å². The highest BCUT2D eigenvalue weighted by molar-refractivity contribution is 7.80. The van der Waals surface area contributed by atoms with Crippen molar-refractivity contribution in [2.75, 3.05) is 6.61 Å². The lowest BCUT2D eigenvalue weighted by Gasteiger charge is -2.16. The minimum Gasteiger partial charge on any atom is -0.479 e. The fourth-order valence-corrected chi connectivity index (χ4v) is 2.14. The van der Waals surface area contributed by atoms with Crippen LogP contribution in [0.25, 0.3) is 0 Å². The van der Waals surface area contributed by atoms with Gasteiger partial charge in [-0.3, -0.25) is 4.79 Å². The van der Waals surface area contributed by atoms with Gasteiger partial charge in [0, 0.05) is 0 Å². The summed E-state index contributed by atoms with van der Waals surface area (Å²) >= 11 is 5.18. The molecule has 1 aliphatic rings. The minimum absolute atomic E-state index is 0.0398. The van der Waals surface area contributed by atoms with Crippen LogP contribution in [-0.2, 0) is 9.53 Å². The van der Waals surface area contributed by atoms with Crippen molar-refractivity contribution in [3.05, 3.63) is 47.4 Å². The van der Waals surface area contributed by atoms with E-state index in [2.05, 4.69) is 10.6 Å². The Bertz CT molecular complexity index is 526. The summed E-state index contributed by atoms with van der Waals surface area (Å²) in [5.74, 6) is 0.394. The summed E-state index contributed by atoms with van der Waals surface area (Å²) in [4.78, 5) is 12.5. The van der Waals surface area contributed by atoms with Crippen LogP contribution < -0.4 is 10.6 Å². The Hall–Kier alpha value is -1.88. The van der Waals surface area contributed by atoms with Gasteiger partial charge in [-0.25, -0.2) is 0 Å². The number of ketones is 1. The van der Waals surface area contributed by atoms with Crippen LogP contribution in [0.5, 0.6) is 0 Å². The van der Waals surface area contributed by atoms with Crippen molar-refractivity contribution in [1.29, 1.82) is 0 Å². The van der Waals surface area contributed by atoms with E-state index in [1.165, 1.54) is 0 Å². The van der Waals surface area contributed by atoms with E-state index in [-0.39, 0.29) is 5.78 Å². The number of rotatable bonds is 3. The lowest BCUT2D eigenvalue weighted by molar-refractivity contribution is -0.117. The standard InChI is InChI=1S/C14H16N2O2S/c1-3-18-13-9(2)12(17)11(15-14(19)16-13)10-7-5-4-6-8-10/h4-8,11H,3H2,1-2H3,(H2,15,16,19). The number of carbonyl (C=O) groups is 1. The maximum atomic E-state index is 12.5.